The molecular formula is C29H32BrIO10. The first-order valence-corrected chi connectivity index (χ1v) is 14.6. The summed E-state index contributed by atoms with van der Waals surface area (Å²) in [7, 11) is 1.50. The fourth-order valence-corrected chi connectivity index (χ4v) is 5.80. The Labute approximate surface area is 260 Å². The van der Waals surface area contributed by atoms with Crippen LogP contribution in [-0.4, -0.2) is 62.0 Å². The second-order valence-electron chi connectivity index (χ2n) is 9.55. The number of halogens is 2. The van der Waals surface area contributed by atoms with Gasteiger partial charge in [0, 0.05) is 41.3 Å². The van der Waals surface area contributed by atoms with E-state index in [-0.39, 0.29) is 6.61 Å². The van der Waals surface area contributed by atoms with Crippen molar-refractivity contribution in [2.75, 3.05) is 13.7 Å². The lowest BCUT2D eigenvalue weighted by atomic mass is 9.88. The lowest BCUT2D eigenvalue weighted by molar-refractivity contribution is -0.254. The summed E-state index contributed by atoms with van der Waals surface area (Å²) in [6.07, 6.45) is -5.28. The molecule has 0 radical (unpaired) electrons. The Hall–Kier alpha value is -2.71. The van der Waals surface area contributed by atoms with Crippen LogP contribution in [0.3, 0.4) is 0 Å². The van der Waals surface area contributed by atoms with Gasteiger partial charge in [-0.3, -0.25) is 19.2 Å². The van der Waals surface area contributed by atoms with E-state index in [2.05, 4.69) is 38.5 Å². The van der Waals surface area contributed by atoms with Crippen molar-refractivity contribution in [3.63, 3.8) is 0 Å². The molecule has 0 bridgehead atoms. The van der Waals surface area contributed by atoms with Gasteiger partial charge in [-0.2, -0.15) is 0 Å². The molecule has 10 nitrogen and oxygen atoms in total. The van der Waals surface area contributed by atoms with Gasteiger partial charge in [0.25, 0.3) is 0 Å². The third kappa shape index (κ3) is 8.65. The monoisotopic (exact) mass is 746 g/mol. The van der Waals surface area contributed by atoms with Gasteiger partial charge in [-0.15, -0.1) is 0 Å². The van der Waals surface area contributed by atoms with Crippen molar-refractivity contribution in [3.8, 4) is 5.75 Å². The largest absolute Gasteiger partial charge is 0.496 e. The molecule has 5 atom stereocenters. The smallest absolute Gasteiger partial charge is 0.303 e. The number of esters is 4. The number of carbonyl (C=O) groups is 4. The molecule has 0 spiro atoms. The molecule has 1 heterocycles. The van der Waals surface area contributed by atoms with Crippen LogP contribution in [0.1, 0.15) is 56.1 Å². The molecule has 12 heteroatoms. The van der Waals surface area contributed by atoms with Crippen LogP contribution in [0.2, 0.25) is 0 Å². The number of ether oxygens (including phenoxy) is 6. The molecule has 1 aliphatic heterocycles. The number of aryl methyl sites for hydroxylation is 1. The van der Waals surface area contributed by atoms with Crippen LogP contribution in [0, 0.1) is 10.5 Å². The molecule has 0 aromatic heterocycles. The summed E-state index contributed by atoms with van der Waals surface area (Å²) in [5.41, 5.74) is 3.65. The molecule has 0 saturated carbocycles. The third-order valence-corrected chi connectivity index (χ3v) is 7.88. The number of hydrogen-bond acceptors (Lipinski definition) is 10. The molecule has 0 amide bonds. The van der Waals surface area contributed by atoms with Gasteiger partial charge in [0.05, 0.1) is 7.11 Å². The van der Waals surface area contributed by atoms with E-state index >= 15 is 0 Å². The zero-order valence-corrected chi connectivity index (χ0v) is 27.3. The second-order valence-corrected chi connectivity index (χ2v) is 11.6. The van der Waals surface area contributed by atoms with Crippen molar-refractivity contribution in [3.05, 3.63) is 60.6 Å². The van der Waals surface area contributed by atoms with Crippen LogP contribution in [0.4, 0.5) is 0 Å². The Balaban J connectivity index is 2.18. The van der Waals surface area contributed by atoms with Crippen LogP contribution in [0.25, 0.3) is 0 Å². The molecule has 2 aromatic rings. The highest BCUT2D eigenvalue weighted by atomic mass is 127. The van der Waals surface area contributed by atoms with Crippen LogP contribution in [0.5, 0.6) is 5.75 Å². The lowest BCUT2D eigenvalue weighted by Crippen LogP contribution is -2.59. The highest BCUT2D eigenvalue weighted by Crippen LogP contribution is 2.42. The second kappa shape index (κ2) is 14.5. The van der Waals surface area contributed by atoms with E-state index in [1.807, 2.05) is 37.3 Å². The predicted molar refractivity (Wildman–Crippen MR) is 158 cm³/mol. The average Bonchev–Trinajstić information content (AvgIpc) is 2.87. The fourth-order valence-electron chi connectivity index (χ4n) is 4.70. The molecule has 41 heavy (non-hydrogen) atoms. The molecule has 222 valence electrons. The molecule has 1 fully saturated rings. The number of hydrogen-bond donors (Lipinski definition) is 0. The Morgan fingerprint density at radius 1 is 0.854 bits per heavy atom. The number of benzene rings is 2. The first-order valence-electron chi connectivity index (χ1n) is 12.7. The van der Waals surface area contributed by atoms with E-state index in [1.54, 1.807) is 0 Å². The standard InChI is InChI=1S/C29H32BrIO10/c1-14-9-21(30)8-7-19(14)10-20-11-22(24(36-6)12-23(20)31)26-28(39-17(4)34)29(40-18(5)35)27(38-16(3)33)25(41-26)13-37-15(2)32/h7-9,11-12,25-29H,10,13H2,1-6H3/t25-,26+,27-,28+,29+/m1/s1. The van der Waals surface area contributed by atoms with Crippen molar-refractivity contribution >= 4 is 62.4 Å². The van der Waals surface area contributed by atoms with E-state index < -0.39 is 54.4 Å². The molecule has 2 aromatic carbocycles. The molecule has 1 saturated heterocycles. The highest BCUT2D eigenvalue weighted by molar-refractivity contribution is 14.1. The van der Waals surface area contributed by atoms with E-state index in [1.165, 1.54) is 34.8 Å². The summed E-state index contributed by atoms with van der Waals surface area (Å²) in [5.74, 6) is -2.21. The summed E-state index contributed by atoms with van der Waals surface area (Å²) in [4.78, 5) is 48.2. The molecule has 3 rings (SSSR count). The fraction of sp³-hybridized carbons (Fsp3) is 0.448. The summed E-state index contributed by atoms with van der Waals surface area (Å²) in [6.45, 7) is 6.51. The summed E-state index contributed by atoms with van der Waals surface area (Å²) < 4.78 is 36.0. The molecule has 0 N–H and O–H groups in total. The van der Waals surface area contributed by atoms with Gasteiger partial charge in [-0.05, 0) is 76.9 Å². The SMILES string of the molecule is COc1cc(I)c(Cc2ccc(Br)cc2C)cc1[C@@H]1O[C@H](COC(C)=O)[C@@H](OC(C)=O)[C@H](OC(C)=O)[C@H]1OC(C)=O. The van der Waals surface area contributed by atoms with E-state index in [9.17, 15) is 19.2 Å². The first-order chi connectivity index (χ1) is 19.3. The number of methoxy groups -OCH3 is 1. The van der Waals surface area contributed by atoms with Crippen molar-refractivity contribution in [1.29, 1.82) is 0 Å². The number of rotatable bonds is 9. The topological polar surface area (TPSA) is 124 Å². The minimum atomic E-state index is -1.28. The highest BCUT2D eigenvalue weighted by Gasteiger charge is 2.53. The van der Waals surface area contributed by atoms with Gasteiger partial charge in [-0.1, -0.05) is 22.0 Å². The zero-order valence-electron chi connectivity index (χ0n) is 23.5. The minimum absolute atomic E-state index is 0.314. The van der Waals surface area contributed by atoms with Gasteiger partial charge in [0.1, 0.15) is 24.6 Å². The molecule has 0 unspecified atom stereocenters. The molecule has 0 aliphatic carbocycles. The van der Waals surface area contributed by atoms with E-state index in [0.717, 1.165) is 24.7 Å². The van der Waals surface area contributed by atoms with Crippen LogP contribution < -0.4 is 4.74 Å². The van der Waals surface area contributed by atoms with Gasteiger partial charge in [0.15, 0.2) is 18.3 Å². The summed E-state index contributed by atoms with van der Waals surface area (Å²) >= 11 is 5.73. The maximum atomic E-state index is 12.3. The summed E-state index contributed by atoms with van der Waals surface area (Å²) in [6, 6.07) is 9.77. The van der Waals surface area contributed by atoms with Gasteiger partial charge >= 0.3 is 23.9 Å². The quantitative estimate of drug-likeness (QED) is 0.202. The maximum Gasteiger partial charge on any atom is 0.303 e. The van der Waals surface area contributed by atoms with Crippen LogP contribution in [0.15, 0.2) is 34.8 Å². The van der Waals surface area contributed by atoms with Gasteiger partial charge < -0.3 is 28.4 Å². The molecular weight excluding hydrogens is 715 g/mol. The normalized spacial score (nSPS) is 21.9. The third-order valence-electron chi connectivity index (χ3n) is 6.38. The summed E-state index contributed by atoms with van der Waals surface area (Å²) in [5, 5.41) is 0. The van der Waals surface area contributed by atoms with Gasteiger partial charge in [-0.25, -0.2) is 0 Å². The van der Waals surface area contributed by atoms with Crippen molar-refractivity contribution in [1.82, 2.24) is 0 Å². The Kier molecular flexibility index (Phi) is 11.6. The Morgan fingerprint density at radius 2 is 1.46 bits per heavy atom. The number of carbonyl (C=O) groups excluding carboxylic acids is 4. The predicted octanol–water partition coefficient (Wildman–Crippen LogP) is 4.76. The van der Waals surface area contributed by atoms with E-state index in [0.29, 0.717) is 17.7 Å². The van der Waals surface area contributed by atoms with Crippen molar-refractivity contribution in [2.45, 2.75) is 71.6 Å². The Morgan fingerprint density at radius 3 is 2.02 bits per heavy atom. The van der Waals surface area contributed by atoms with E-state index in [4.69, 9.17) is 28.4 Å². The molecule has 1 aliphatic rings. The van der Waals surface area contributed by atoms with Crippen molar-refractivity contribution in [2.24, 2.45) is 0 Å². The first kappa shape index (κ1) is 32.8. The maximum absolute atomic E-state index is 12.3. The minimum Gasteiger partial charge on any atom is -0.496 e. The zero-order chi connectivity index (χ0) is 30.4. The van der Waals surface area contributed by atoms with Crippen LogP contribution >= 0.6 is 38.5 Å². The van der Waals surface area contributed by atoms with Gasteiger partial charge in [0.2, 0.25) is 0 Å². The average molecular weight is 747 g/mol. The van der Waals surface area contributed by atoms with Crippen molar-refractivity contribution < 1.29 is 47.6 Å². The Bertz CT molecular complexity index is 1310. The lowest BCUT2D eigenvalue weighted by Gasteiger charge is -2.44. The van der Waals surface area contributed by atoms with Crippen LogP contribution in [-0.2, 0) is 49.3 Å².